The molecule has 1 aromatic heterocycles. The summed E-state index contributed by atoms with van der Waals surface area (Å²) in [7, 11) is 1.59. The Morgan fingerprint density at radius 1 is 1.53 bits per heavy atom. The van der Waals surface area contributed by atoms with E-state index < -0.39 is 14.3 Å². The first-order valence-corrected chi connectivity index (χ1v) is 7.57. The number of carbonyl (C=O) groups is 1. The molecule has 0 aromatic carbocycles. The summed E-state index contributed by atoms with van der Waals surface area (Å²) in [6.45, 7) is 0.626. The summed E-state index contributed by atoms with van der Waals surface area (Å²) in [6.07, 6.45) is 2.12. The Kier molecular flexibility index (Phi) is 3.44. The first-order valence-electron chi connectivity index (χ1n) is 5.20. The molecule has 0 radical (unpaired) electrons. The molecule has 94 valence electrons. The van der Waals surface area contributed by atoms with Crippen LogP contribution in [0.25, 0.3) is 0 Å². The molecule has 1 aliphatic heterocycles. The van der Waals surface area contributed by atoms with Gasteiger partial charge in [0.05, 0.1) is 6.26 Å². The molecule has 2 heterocycles. The lowest BCUT2D eigenvalue weighted by molar-refractivity contribution is -0.127. The second-order valence-electron chi connectivity index (χ2n) is 3.97. The van der Waals surface area contributed by atoms with Crippen molar-refractivity contribution in [2.75, 3.05) is 13.1 Å². The van der Waals surface area contributed by atoms with Crippen LogP contribution in [0, 0.1) is 0 Å². The lowest BCUT2D eigenvalue weighted by Gasteiger charge is -2.14. The highest BCUT2D eigenvalue weighted by atomic mass is 35.7. The second-order valence-corrected chi connectivity index (χ2v) is 6.88. The Labute approximate surface area is 104 Å². The third kappa shape index (κ3) is 3.01. The van der Waals surface area contributed by atoms with E-state index in [2.05, 4.69) is 0 Å². The Morgan fingerprint density at radius 2 is 2.29 bits per heavy atom. The van der Waals surface area contributed by atoms with Gasteiger partial charge in [0.1, 0.15) is 11.0 Å². The summed E-state index contributed by atoms with van der Waals surface area (Å²) >= 11 is 0. The van der Waals surface area contributed by atoms with Gasteiger partial charge in [-0.25, -0.2) is 8.42 Å². The highest BCUT2D eigenvalue weighted by molar-refractivity contribution is 8.14. The van der Waals surface area contributed by atoms with Gasteiger partial charge in [0.15, 0.2) is 0 Å². The first-order chi connectivity index (χ1) is 7.97. The average molecular weight is 278 g/mol. The zero-order chi connectivity index (χ0) is 12.5. The summed E-state index contributed by atoms with van der Waals surface area (Å²) in [5.74, 6) is 0.598. The molecule has 0 N–H and O–H groups in total. The lowest BCUT2D eigenvalue weighted by Crippen LogP contribution is -2.29. The molecule has 1 amide bonds. The van der Waals surface area contributed by atoms with Crippen LogP contribution >= 0.6 is 10.7 Å². The molecule has 0 saturated carbocycles. The standard InChI is InChI=1S/C10H12ClNO4S/c11-17(14,15)9-6-10(13)12(7-9)4-3-8-2-1-5-16-8/h1-2,5,9H,3-4,6-7H2. The molecular weight excluding hydrogens is 266 g/mol. The van der Waals surface area contributed by atoms with Crippen molar-refractivity contribution in [1.29, 1.82) is 0 Å². The van der Waals surface area contributed by atoms with Gasteiger partial charge < -0.3 is 9.32 Å². The number of halogens is 1. The molecule has 1 atom stereocenters. The number of nitrogens with zero attached hydrogens (tertiary/aromatic N) is 1. The number of rotatable bonds is 4. The van der Waals surface area contributed by atoms with Crippen LogP contribution in [0.3, 0.4) is 0 Å². The minimum Gasteiger partial charge on any atom is -0.469 e. The van der Waals surface area contributed by atoms with E-state index in [0.29, 0.717) is 13.0 Å². The summed E-state index contributed by atoms with van der Waals surface area (Å²) in [4.78, 5) is 13.1. The van der Waals surface area contributed by atoms with Crippen molar-refractivity contribution >= 4 is 25.6 Å². The maximum Gasteiger partial charge on any atom is 0.237 e. The normalized spacial score (nSPS) is 21.1. The molecule has 1 saturated heterocycles. The topological polar surface area (TPSA) is 67.6 Å². The van der Waals surface area contributed by atoms with Crippen LogP contribution < -0.4 is 0 Å². The highest BCUT2D eigenvalue weighted by Gasteiger charge is 2.36. The number of hydrogen-bond donors (Lipinski definition) is 0. The van der Waals surface area contributed by atoms with Crippen molar-refractivity contribution in [2.45, 2.75) is 18.1 Å². The van der Waals surface area contributed by atoms with Gasteiger partial charge >= 0.3 is 0 Å². The van der Waals surface area contributed by atoms with E-state index in [1.807, 2.05) is 6.07 Å². The summed E-state index contributed by atoms with van der Waals surface area (Å²) in [6, 6.07) is 3.59. The molecule has 1 aliphatic rings. The molecule has 7 heteroatoms. The van der Waals surface area contributed by atoms with Gasteiger partial charge in [-0.1, -0.05) is 0 Å². The van der Waals surface area contributed by atoms with Crippen LogP contribution in [0.1, 0.15) is 12.2 Å². The van der Waals surface area contributed by atoms with Crippen LogP contribution in [-0.4, -0.2) is 37.6 Å². The Bertz CT molecular complexity index is 496. The molecule has 5 nitrogen and oxygen atoms in total. The van der Waals surface area contributed by atoms with Gasteiger partial charge in [0, 0.05) is 36.6 Å². The average Bonchev–Trinajstić information content (AvgIpc) is 2.83. The van der Waals surface area contributed by atoms with Crippen molar-refractivity contribution in [3.05, 3.63) is 24.2 Å². The quantitative estimate of drug-likeness (QED) is 0.770. The SMILES string of the molecule is O=C1CC(S(=O)(=O)Cl)CN1CCc1ccco1. The fraction of sp³-hybridized carbons (Fsp3) is 0.500. The van der Waals surface area contributed by atoms with E-state index in [-0.39, 0.29) is 18.9 Å². The highest BCUT2D eigenvalue weighted by Crippen LogP contribution is 2.21. The van der Waals surface area contributed by atoms with Gasteiger partial charge in [0.25, 0.3) is 0 Å². The third-order valence-electron chi connectivity index (χ3n) is 2.79. The maximum absolute atomic E-state index is 11.6. The Balaban J connectivity index is 1.93. The van der Waals surface area contributed by atoms with Crippen molar-refractivity contribution in [3.63, 3.8) is 0 Å². The maximum atomic E-state index is 11.6. The van der Waals surface area contributed by atoms with E-state index in [1.165, 1.54) is 4.90 Å². The predicted molar refractivity (Wildman–Crippen MR) is 62.2 cm³/mol. The minimum atomic E-state index is -3.65. The largest absolute Gasteiger partial charge is 0.469 e. The van der Waals surface area contributed by atoms with Crippen LogP contribution in [0.15, 0.2) is 22.8 Å². The molecule has 1 fully saturated rings. The van der Waals surface area contributed by atoms with Crippen molar-refractivity contribution in [1.82, 2.24) is 4.90 Å². The first kappa shape index (κ1) is 12.4. The van der Waals surface area contributed by atoms with Crippen molar-refractivity contribution in [2.24, 2.45) is 0 Å². The molecule has 17 heavy (non-hydrogen) atoms. The monoisotopic (exact) mass is 277 g/mol. The van der Waals surface area contributed by atoms with E-state index >= 15 is 0 Å². The zero-order valence-corrected chi connectivity index (χ0v) is 10.6. The van der Waals surface area contributed by atoms with Gasteiger partial charge in [-0.05, 0) is 12.1 Å². The van der Waals surface area contributed by atoms with Crippen LogP contribution in [0.4, 0.5) is 0 Å². The van der Waals surface area contributed by atoms with Gasteiger partial charge in [-0.2, -0.15) is 0 Å². The number of hydrogen-bond acceptors (Lipinski definition) is 4. The number of furan rings is 1. The summed E-state index contributed by atoms with van der Waals surface area (Å²) < 4.78 is 27.4. The lowest BCUT2D eigenvalue weighted by atomic mass is 10.3. The van der Waals surface area contributed by atoms with E-state index in [0.717, 1.165) is 5.76 Å². The minimum absolute atomic E-state index is 0.0238. The molecule has 2 rings (SSSR count). The van der Waals surface area contributed by atoms with Crippen molar-refractivity contribution < 1.29 is 17.6 Å². The Morgan fingerprint density at radius 3 is 2.82 bits per heavy atom. The van der Waals surface area contributed by atoms with E-state index in [9.17, 15) is 13.2 Å². The number of likely N-dealkylation sites (tertiary alicyclic amines) is 1. The van der Waals surface area contributed by atoms with Gasteiger partial charge in [-0.15, -0.1) is 0 Å². The molecule has 0 aliphatic carbocycles. The predicted octanol–water partition coefficient (Wildman–Crippen LogP) is 0.992. The third-order valence-corrected chi connectivity index (χ3v) is 4.65. The summed E-state index contributed by atoms with van der Waals surface area (Å²) in [5, 5.41) is -0.784. The molecule has 0 spiro atoms. The fourth-order valence-electron chi connectivity index (χ4n) is 1.84. The zero-order valence-electron chi connectivity index (χ0n) is 9.00. The Hall–Kier alpha value is -1.01. The molecule has 1 aromatic rings. The van der Waals surface area contributed by atoms with Gasteiger partial charge in [0.2, 0.25) is 15.0 Å². The van der Waals surface area contributed by atoms with Crippen LogP contribution in [0.2, 0.25) is 0 Å². The molecule has 1 unspecified atom stereocenters. The molecule has 0 bridgehead atoms. The number of carbonyl (C=O) groups excluding carboxylic acids is 1. The van der Waals surface area contributed by atoms with Gasteiger partial charge in [-0.3, -0.25) is 4.79 Å². The van der Waals surface area contributed by atoms with Crippen molar-refractivity contribution in [3.8, 4) is 0 Å². The summed E-state index contributed by atoms with van der Waals surface area (Å²) in [5.41, 5.74) is 0. The fourth-order valence-corrected chi connectivity index (χ4v) is 2.90. The molecular formula is C10H12ClNO4S. The van der Waals surface area contributed by atoms with Crippen LogP contribution in [-0.2, 0) is 20.3 Å². The van der Waals surface area contributed by atoms with E-state index in [1.54, 1.807) is 12.3 Å². The smallest absolute Gasteiger partial charge is 0.237 e. The van der Waals surface area contributed by atoms with E-state index in [4.69, 9.17) is 15.1 Å². The number of amides is 1. The van der Waals surface area contributed by atoms with Crippen LogP contribution in [0.5, 0.6) is 0 Å². The second kappa shape index (κ2) is 4.70.